The fraction of sp³-hybridized carbons (Fsp3) is 0.776. The lowest BCUT2D eigenvalue weighted by atomic mass is 10.0. The van der Waals surface area contributed by atoms with Gasteiger partial charge in [-0.15, -0.1) is 0 Å². The number of carbonyl (C=O) groups excluding carboxylic acids is 3. The molecule has 1 unspecified atom stereocenters. The monoisotopic (exact) mass is 1020 g/mol. The molecule has 0 amide bonds. The minimum Gasteiger partial charge on any atom is -0.462 e. The summed E-state index contributed by atoms with van der Waals surface area (Å²) in [5, 5.41) is 0. The van der Waals surface area contributed by atoms with Gasteiger partial charge in [-0.2, -0.15) is 0 Å². The molecule has 1 atom stereocenters. The molecule has 0 aromatic heterocycles. The topological polar surface area (TPSA) is 78.9 Å². The van der Waals surface area contributed by atoms with Crippen LogP contribution in [0, 0.1) is 0 Å². The number of carbonyl (C=O) groups is 3. The summed E-state index contributed by atoms with van der Waals surface area (Å²) in [6.07, 6.45) is 79.5. The van der Waals surface area contributed by atoms with E-state index in [9.17, 15) is 14.4 Å². The predicted octanol–water partition coefficient (Wildman–Crippen LogP) is 21.3. The molecule has 0 heterocycles. The molecular weight excluding hydrogens is 901 g/mol. The first kappa shape index (κ1) is 69.8. The van der Waals surface area contributed by atoms with Gasteiger partial charge >= 0.3 is 17.9 Å². The van der Waals surface area contributed by atoms with E-state index in [1.807, 2.05) is 0 Å². The quantitative estimate of drug-likeness (QED) is 0.0261. The molecule has 0 aliphatic heterocycles. The van der Waals surface area contributed by atoms with Gasteiger partial charge in [0.05, 0.1) is 0 Å². The number of rotatable bonds is 57. The first-order valence-electron chi connectivity index (χ1n) is 31.4. The smallest absolute Gasteiger partial charge is 0.306 e. The van der Waals surface area contributed by atoms with E-state index >= 15 is 0 Å². The van der Waals surface area contributed by atoms with Gasteiger partial charge in [0.1, 0.15) is 13.2 Å². The van der Waals surface area contributed by atoms with Crippen LogP contribution in [0.2, 0.25) is 0 Å². The lowest BCUT2D eigenvalue weighted by Crippen LogP contribution is -2.30. The Balaban J connectivity index is 4.11. The maximum atomic E-state index is 12.8. The summed E-state index contributed by atoms with van der Waals surface area (Å²) in [7, 11) is 0. The van der Waals surface area contributed by atoms with Gasteiger partial charge in [-0.05, 0) is 89.9 Å². The fourth-order valence-corrected chi connectivity index (χ4v) is 9.00. The van der Waals surface area contributed by atoms with E-state index in [4.69, 9.17) is 14.2 Å². The Morgan fingerprint density at radius 2 is 0.534 bits per heavy atom. The van der Waals surface area contributed by atoms with Crippen LogP contribution in [0.25, 0.3) is 0 Å². The molecule has 0 aliphatic carbocycles. The first-order chi connectivity index (χ1) is 36.0. The Hall–Kier alpha value is -3.15. The molecule has 73 heavy (non-hydrogen) atoms. The van der Waals surface area contributed by atoms with Crippen molar-refractivity contribution in [3.05, 3.63) is 72.9 Å². The van der Waals surface area contributed by atoms with Gasteiger partial charge < -0.3 is 14.2 Å². The van der Waals surface area contributed by atoms with Crippen molar-refractivity contribution in [1.29, 1.82) is 0 Å². The minimum absolute atomic E-state index is 0.0862. The van der Waals surface area contributed by atoms with Crippen molar-refractivity contribution >= 4 is 17.9 Å². The van der Waals surface area contributed by atoms with Crippen LogP contribution in [0.3, 0.4) is 0 Å². The van der Waals surface area contributed by atoms with Crippen molar-refractivity contribution in [3.8, 4) is 0 Å². The van der Waals surface area contributed by atoms with E-state index in [0.717, 1.165) is 96.3 Å². The molecule has 0 N–H and O–H groups in total. The number of ether oxygens (including phenoxy) is 3. The van der Waals surface area contributed by atoms with Crippen LogP contribution in [-0.4, -0.2) is 37.2 Å². The standard InChI is InChI=1S/C67H118O6/c1-4-7-10-13-16-18-20-22-24-26-28-29-30-31-32-33-34-35-36-37-39-40-42-44-46-48-51-54-57-60-66(69)72-63-64(62-71-65(68)59-56-53-50-15-12-9-6-3)73-67(70)61-58-55-52-49-47-45-43-41-38-27-25-23-21-19-17-14-11-8-5-2/h8,11,17,19,23,25-26,28,38,41,45,47,64H,4-7,9-10,12-16,18,20-22,24,27,29-37,39-40,42-44,46,48-63H2,1-3H3/b11-8-,19-17-,25-23-,28-26-,41-38-,47-45-. The Bertz CT molecular complexity index is 1360. The zero-order valence-corrected chi connectivity index (χ0v) is 48.4. The summed E-state index contributed by atoms with van der Waals surface area (Å²) < 4.78 is 16.8. The van der Waals surface area contributed by atoms with Crippen molar-refractivity contribution in [3.63, 3.8) is 0 Å². The number of hydrogen-bond donors (Lipinski definition) is 0. The number of hydrogen-bond acceptors (Lipinski definition) is 6. The number of unbranched alkanes of at least 4 members (excludes halogenated alkanes) is 34. The second kappa shape index (κ2) is 61.4. The van der Waals surface area contributed by atoms with Crippen molar-refractivity contribution in [2.45, 2.75) is 322 Å². The Morgan fingerprint density at radius 1 is 0.288 bits per heavy atom. The molecule has 6 heteroatoms. The fourth-order valence-electron chi connectivity index (χ4n) is 9.00. The molecule has 422 valence electrons. The van der Waals surface area contributed by atoms with E-state index in [1.165, 1.54) is 180 Å². The molecular formula is C67H118O6. The molecule has 0 radical (unpaired) electrons. The summed E-state index contributed by atoms with van der Waals surface area (Å²) in [5.74, 6) is -0.915. The van der Waals surface area contributed by atoms with Gasteiger partial charge in [0.25, 0.3) is 0 Å². The molecule has 0 aliphatic rings. The molecule has 0 fully saturated rings. The van der Waals surface area contributed by atoms with E-state index in [1.54, 1.807) is 0 Å². The van der Waals surface area contributed by atoms with E-state index in [0.29, 0.717) is 19.3 Å². The summed E-state index contributed by atoms with van der Waals surface area (Å²) in [6.45, 7) is 6.48. The number of esters is 3. The van der Waals surface area contributed by atoms with Gasteiger partial charge in [0, 0.05) is 19.3 Å². The summed E-state index contributed by atoms with van der Waals surface area (Å²) in [6, 6.07) is 0. The van der Waals surface area contributed by atoms with E-state index < -0.39 is 6.10 Å². The highest BCUT2D eigenvalue weighted by atomic mass is 16.6. The van der Waals surface area contributed by atoms with Crippen molar-refractivity contribution < 1.29 is 28.6 Å². The average Bonchev–Trinajstić information content (AvgIpc) is 3.39. The third-order valence-electron chi connectivity index (χ3n) is 13.7. The highest BCUT2D eigenvalue weighted by molar-refractivity contribution is 5.71. The van der Waals surface area contributed by atoms with Crippen LogP contribution in [-0.2, 0) is 28.6 Å². The zero-order valence-electron chi connectivity index (χ0n) is 48.4. The Kier molecular flexibility index (Phi) is 58.7. The van der Waals surface area contributed by atoms with Crippen LogP contribution in [0.5, 0.6) is 0 Å². The second-order valence-corrected chi connectivity index (χ2v) is 20.9. The predicted molar refractivity (Wildman–Crippen MR) is 316 cm³/mol. The molecule has 0 rings (SSSR count). The van der Waals surface area contributed by atoms with E-state index in [2.05, 4.69) is 93.7 Å². The molecule has 0 bridgehead atoms. The highest BCUT2D eigenvalue weighted by Gasteiger charge is 2.19. The Labute approximate surface area is 453 Å². The van der Waals surface area contributed by atoms with Crippen LogP contribution in [0.15, 0.2) is 72.9 Å². The van der Waals surface area contributed by atoms with Gasteiger partial charge in [-0.1, -0.05) is 280 Å². The van der Waals surface area contributed by atoms with Crippen molar-refractivity contribution in [2.24, 2.45) is 0 Å². The minimum atomic E-state index is -0.789. The lowest BCUT2D eigenvalue weighted by molar-refractivity contribution is -0.167. The Morgan fingerprint density at radius 3 is 0.863 bits per heavy atom. The molecule has 0 saturated heterocycles. The summed E-state index contributed by atoms with van der Waals surface area (Å²) >= 11 is 0. The van der Waals surface area contributed by atoms with Crippen molar-refractivity contribution in [1.82, 2.24) is 0 Å². The third-order valence-corrected chi connectivity index (χ3v) is 13.7. The van der Waals surface area contributed by atoms with Gasteiger partial charge in [0.2, 0.25) is 0 Å². The number of allylic oxidation sites excluding steroid dienone is 12. The normalized spacial score (nSPS) is 12.5. The molecule has 0 aromatic rings. The molecule has 0 saturated carbocycles. The van der Waals surface area contributed by atoms with Crippen LogP contribution in [0.1, 0.15) is 316 Å². The van der Waals surface area contributed by atoms with Crippen LogP contribution in [0.4, 0.5) is 0 Å². The second-order valence-electron chi connectivity index (χ2n) is 20.9. The molecule has 0 aromatic carbocycles. The maximum Gasteiger partial charge on any atom is 0.306 e. The van der Waals surface area contributed by atoms with Crippen molar-refractivity contribution in [2.75, 3.05) is 13.2 Å². The summed E-state index contributed by atoms with van der Waals surface area (Å²) in [4.78, 5) is 38.0. The van der Waals surface area contributed by atoms with E-state index in [-0.39, 0.29) is 31.1 Å². The van der Waals surface area contributed by atoms with Gasteiger partial charge in [-0.25, -0.2) is 0 Å². The average molecular weight is 1020 g/mol. The molecule has 0 spiro atoms. The zero-order chi connectivity index (χ0) is 52.9. The van der Waals surface area contributed by atoms with Crippen LogP contribution < -0.4 is 0 Å². The van der Waals surface area contributed by atoms with Gasteiger partial charge in [0.15, 0.2) is 6.10 Å². The molecule has 6 nitrogen and oxygen atoms in total. The largest absolute Gasteiger partial charge is 0.462 e. The lowest BCUT2D eigenvalue weighted by Gasteiger charge is -2.18. The van der Waals surface area contributed by atoms with Gasteiger partial charge in [-0.3, -0.25) is 14.4 Å². The third kappa shape index (κ3) is 59.6. The SMILES string of the molecule is CC/C=C\C/C=C\C/C=C\C/C=C\C/C=C\CCCCCC(=O)OC(COC(=O)CCCCCCCCC)COC(=O)CCCCCCCCCCCCCCCCCCC/C=C\CCCCCCCCCC. The summed E-state index contributed by atoms with van der Waals surface area (Å²) in [5.41, 5.74) is 0. The maximum absolute atomic E-state index is 12.8. The first-order valence-corrected chi connectivity index (χ1v) is 31.4. The van der Waals surface area contributed by atoms with Crippen LogP contribution >= 0.6 is 0 Å². The highest BCUT2D eigenvalue weighted by Crippen LogP contribution is 2.17.